The second kappa shape index (κ2) is 7.55. The number of nitro benzene ring substituents is 1. The van der Waals surface area contributed by atoms with Gasteiger partial charge in [0.25, 0.3) is 5.69 Å². The van der Waals surface area contributed by atoms with Gasteiger partial charge < -0.3 is 16.0 Å². The van der Waals surface area contributed by atoms with Gasteiger partial charge in [-0.1, -0.05) is 11.6 Å². The lowest BCUT2D eigenvalue weighted by Gasteiger charge is -2.18. The summed E-state index contributed by atoms with van der Waals surface area (Å²) in [4.78, 5) is 34.2. The third-order valence-electron chi connectivity index (χ3n) is 2.70. The maximum atomic E-state index is 11.8. The molecule has 0 radical (unpaired) electrons. The number of non-ortho nitro benzene ring substituents is 1. The van der Waals surface area contributed by atoms with Crippen molar-refractivity contribution in [1.82, 2.24) is 10.2 Å². The molecule has 3 N–H and O–H groups in total. The van der Waals surface area contributed by atoms with Crippen LogP contribution in [0.25, 0.3) is 0 Å². The molecule has 21 heavy (non-hydrogen) atoms. The molecule has 9 heteroatoms. The number of nitrogens with zero attached hydrogens (tertiary/aromatic N) is 2. The molecule has 2 amide bonds. The number of hydrogen-bond donors (Lipinski definition) is 2. The Kier molecular flexibility index (Phi) is 6.07. The Hall–Kier alpha value is -2.19. The molecule has 0 saturated carbocycles. The van der Waals surface area contributed by atoms with Crippen molar-refractivity contribution in [3.05, 3.63) is 38.9 Å². The standard InChI is InChI=1S/C12H15ClN4O4/c1-16(12(19)6-15-11(18)5-14)7-8-4-9(17(20)21)2-3-10(8)13/h2-4H,5-7,14H2,1H3,(H,15,18). The molecule has 1 aromatic rings. The van der Waals surface area contributed by atoms with Crippen molar-refractivity contribution in [2.45, 2.75) is 6.54 Å². The van der Waals surface area contributed by atoms with E-state index in [1.54, 1.807) is 0 Å². The van der Waals surface area contributed by atoms with Gasteiger partial charge in [0.2, 0.25) is 11.8 Å². The van der Waals surface area contributed by atoms with Gasteiger partial charge in [0, 0.05) is 30.7 Å². The van der Waals surface area contributed by atoms with E-state index in [0.29, 0.717) is 10.6 Å². The van der Waals surface area contributed by atoms with Crippen molar-refractivity contribution < 1.29 is 14.5 Å². The first kappa shape index (κ1) is 16.9. The van der Waals surface area contributed by atoms with Crippen LogP contribution in [0.5, 0.6) is 0 Å². The van der Waals surface area contributed by atoms with E-state index in [4.69, 9.17) is 17.3 Å². The highest BCUT2D eigenvalue weighted by atomic mass is 35.5. The Morgan fingerprint density at radius 3 is 2.71 bits per heavy atom. The van der Waals surface area contributed by atoms with E-state index < -0.39 is 10.8 Å². The van der Waals surface area contributed by atoms with Gasteiger partial charge >= 0.3 is 0 Å². The highest BCUT2D eigenvalue weighted by molar-refractivity contribution is 6.31. The predicted octanol–water partition coefficient (Wildman–Crippen LogP) is 0.281. The summed E-state index contributed by atoms with van der Waals surface area (Å²) in [5.74, 6) is -0.801. The molecule has 0 bridgehead atoms. The fourth-order valence-corrected chi connectivity index (χ4v) is 1.70. The van der Waals surface area contributed by atoms with Crippen LogP contribution in [0.15, 0.2) is 18.2 Å². The quantitative estimate of drug-likeness (QED) is 0.577. The molecule has 0 fully saturated rings. The van der Waals surface area contributed by atoms with Crippen LogP contribution in [0.1, 0.15) is 5.56 Å². The molecule has 0 aliphatic heterocycles. The molecular weight excluding hydrogens is 300 g/mol. The minimum Gasteiger partial charge on any atom is -0.346 e. The van der Waals surface area contributed by atoms with Gasteiger partial charge in [-0.2, -0.15) is 0 Å². The van der Waals surface area contributed by atoms with Crippen molar-refractivity contribution in [1.29, 1.82) is 0 Å². The lowest BCUT2D eigenvalue weighted by molar-refractivity contribution is -0.384. The number of nitrogens with two attached hydrogens (primary N) is 1. The van der Waals surface area contributed by atoms with Crippen LogP contribution in [0.2, 0.25) is 5.02 Å². The van der Waals surface area contributed by atoms with Crippen LogP contribution in [-0.2, 0) is 16.1 Å². The maximum Gasteiger partial charge on any atom is 0.269 e. The fourth-order valence-electron chi connectivity index (χ4n) is 1.52. The molecule has 0 heterocycles. The molecule has 0 atom stereocenters. The van der Waals surface area contributed by atoms with Crippen LogP contribution >= 0.6 is 11.6 Å². The van der Waals surface area contributed by atoms with Crippen LogP contribution < -0.4 is 11.1 Å². The van der Waals surface area contributed by atoms with Gasteiger partial charge in [-0.15, -0.1) is 0 Å². The largest absolute Gasteiger partial charge is 0.346 e. The highest BCUT2D eigenvalue weighted by Gasteiger charge is 2.15. The number of carbonyl (C=O) groups is 2. The Balaban J connectivity index is 2.71. The Labute approximate surface area is 126 Å². The summed E-state index contributed by atoms with van der Waals surface area (Å²) < 4.78 is 0. The zero-order valence-corrected chi connectivity index (χ0v) is 12.1. The Bertz CT molecular complexity index is 564. The molecule has 1 aromatic carbocycles. The summed E-state index contributed by atoms with van der Waals surface area (Å²) >= 11 is 5.95. The molecule has 114 valence electrons. The van der Waals surface area contributed by atoms with Gasteiger partial charge in [0.05, 0.1) is 18.0 Å². The van der Waals surface area contributed by atoms with Gasteiger partial charge in [0.15, 0.2) is 0 Å². The summed E-state index contributed by atoms with van der Waals surface area (Å²) in [6, 6.07) is 4.00. The van der Waals surface area contributed by atoms with E-state index in [-0.39, 0.29) is 31.2 Å². The van der Waals surface area contributed by atoms with E-state index in [1.807, 2.05) is 0 Å². The number of rotatable bonds is 6. The Morgan fingerprint density at radius 2 is 2.14 bits per heavy atom. The van der Waals surface area contributed by atoms with E-state index in [1.165, 1.54) is 30.1 Å². The second-order valence-electron chi connectivity index (χ2n) is 4.26. The first-order valence-corrected chi connectivity index (χ1v) is 6.36. The number of carbonyl (C=O) groups excluding carboxylic acids is 2. The van der Waals surface area contributed by atoms with E-state index in [0.717, 1.165) is 0 Å². The monoisotopic (exact) mass is 314 g/mol. The maximum absolute atomic E-state index is 11.8. The molecular formula is C12H15ClN4O4. The summed E-state index contributed by atoms with van der Waals surface area (Å²) in [5, 5.41) is 13.4. The SMILES string of the molecule is CN(Cc1cc([N+](=O)[O-])ccc1Cl)C(=O)CNC(=O)CN. The third kappa shape index (κ3) is 5.01. The summed E-state index contributed by atoms with van der Waals surface area (Å²) in [7, 11) is 1.51. The molecule has 0 unspecified atom stereocenters. The normalized spacial score (nSPS) is 10.0. The van der Waals surface area contributed by atoms with Crippen molar-refractivity contribution in [3.8, 4) is 0 Å². The number of nitro groups is 1. The van der Waals surface area contributed by atoms with Gasteiger partial charge in [-0.25, -0.2) is 0 Å². The van der Waals surface area contributed by atoms with Crippen molar-refractivity contribution in [2.24, 2.45) is 5.73 Å². The van der Waals surface area contributed by atoms with E-state index in [9.17, 15) is 19.7 Å². The lowest BCUT2D eigenvalue weighted by atomic mass is 10.2. The average Bonchev–Trinajstić information content (AvgIpc) is 2.46. The number of benzene rings is 1. The predicted molar refractivity (Wildman–Crippen MR) is 76.6 cm³/mol. The van der Waals surface area contributed by atoms with Crippen LogP contribution in [-0.4, -0.2) is 41.8 Å². The summed E-state index contributed by atoms with van der Waals surface area (Å²) in [6.45, 7) is -0.301. The smallest absolute Gasteiger partial charge is 0.269 e. The Morgan fingerprint density at radius 1 is 1.48 bits per heavy atom. The minimum atomic E-state index is -0.539. The number of hydrogen-bond acceptors (Lipinski definition) is 5. The van der Waals surface area contributed by atoms with Gasteiger partial charge in [-0.3, -0.25) is 19.7 Å². The molecule has 8 nitrogen and oxygen atoms in total. The van der Waals surface area contributed by atoms with Crippen LogP contribution in [0.3, 0.4) is 0 Å². The first-order valence-electron chi connectivity index (χ1n) is 5.98. The van der Waals surface area contributed by atoms with E-state index in [2.05, 4.69) is 5.32 Å². The zero-order valence-electron chi connectivity index (χ0n) is 11.3. The second-order valence-corrected chi connectivity index (χ2v) is 4.67. The molecule has 0 saturated heterocycles. The molecule has 0 spiro atoms. The number of halogens is 1. The van der Waals surface area contributed by atoms with Crippen molar-refractivity contribution >= 4 is 29.1 Å². The number of likely N-dealkylation sites (N-methyl/N-ethyl adjacent to an activating group) is 1. The molecule has 1 rings (SSSR count). The van der Waals surface area contributed by atoms with E-state index >= 15 is 0 Å². The van der Waals surface area contributed by atoms with Crippen LogP contribution in [0.4, 0.5) is 5.69 Å². The summed E-state index contributed by atoms with van der Waals surface area (Å²) in [6.07, 6.45) is 0. The van der Waals surface area contributed by atoms with Gasteiger partial charge in [0.1, 0.15) is 0 Å². The first-order chi connectivity index (χ1) is 9.85. The number of amides is 2. The topological polar surface area (TPSA) is 119 Å². The molecule has 0 aliphatic rings. The lowest BCUT2D eigenvalue weighted by Crippen LogP contribution is -2.40. The van der Waals surface area contributed by atoms with Crippen molar-refractivity contribution in [3.63, 3.8) is 0 Å². The fraction of sp³-hybridized carbons (Fsp3) is 0.333. The third-order valence-corrected chi connectivity index (χ3v) is 3.06. The summed E-state index contributed by atoms with van der Waals surface area (Å²) in [5.41, 5.74) is 5.45. The zero-order chi connectivity index (χ0) is 16.0. The highest BCUT2D eigenvalue weighted by Crippen LogP contribution is 2.23. The molecule has 0 aliphatic carbocycles. The van der Waals surface area contributed by atoms with Gasteiger partial charge in [-0.05, 0) is 11.6 Å². The van der Waals surface area contributed by atoms with Crippen molar-refractivity contribution in [2.75, 3.05) is 20.1 Å². The average molecular weight is 315 g/mol. The number of nitrogens with one attached hydrogen (secondary N) is 1. The molecule has 0 aromatic heterocycles. The minimum absolute atomic E-state index is 0.0951. The van der Waals surface area contributed by atoms with Crippen LogP contribution in [0, 0.1) is 10.1 Å².